The molecule has 29 heavy (non-hydrogen) atoms. The Balaban J connectivity index is 0.00000300. The molecule has 0 spiro atoms. The molecule has 0 bridgehead atoms. The van der Waals surface area contributed by atoms with Gasteiger partial charge >= 0.3 is 5.97 Å². The summed E-state index contributed by atoms with van der Waals surface area (Å²) in [6, 6.07) is 14.1. The van der Waals surface area contributed by atoms with E-state index < -0.39 is 12.0 Å². The summed E-state index contributed by atoms with van der Waals surface area (Å²) in [6.07, 6.45) is -0.206. The van der Waals surface area contributed by atoms with Crippen LogP contribution in [0.25, 0.3) is 0 Å². The molecule has 8 heteroatoms. The van der Waals surface area contributed by atoms with Gasteiger partial charge in [-0.15, -0.1) is 12.4 Å². The molecule has 1 aliphatic rings. The quantitative estimate of drug-likeness (QED) is 0.528. The van der Waals surface area contributed by atoms with Crippen molar-refractivity contribution in [3.8, 4) is 0 Å². The minimum Gasteiger partial charge on any atom is -0.481 e. The number of anilines is 1. The van der Waals surface area contributed by atoms with E-state index >= 15 is 0 Å². The number of carboxylic acid groups (broad SMARTS) is 1. The number of fused-ring (bicyclic) bond motifs is 1. The van der Waals surface area contributed by atoms with Crippen molar-refractivity contribution in [2.45, 2.75) is 38.4 Å². The summed E-state index contributed by atoms with van der Waals surface area (Å²) in [5, 5.41) is 17.8. The number of nitrogens with one attached hydrogen (secondary N) is 3. The van der Waals surface area contributed by atoms with Crippen LogP contribution in [0.5, 0.6) is 0 Å². The van der Waals surface area contributed by atoms with Gasteiger partial charge < -0.3 is 21.1 Å². The van der Waals surface area contributed by atoms with Crippen LogP contribution in [0.4, 0.5) is 5.69 Å². The van der Waals surface area contributed by atoms with Gasteiger partial charge in [-0.05, 0) is 28.8 Å². The third-order valence-corrected chi connectivity index (χ3v) is 4.62. The summed E-state index contributed by atoms with van der Waals surface area (Å²) < 4.78 is 0. The maximum absolute atomic E-state index is 12.2. The number of hydrogen-bond donors (Lipinski definition) is 4. The predicted octanol–water partition coefficient (Wildman–Crippen LogP) is 2.76. The summed E-state index contributed by atoms with van der Waals surface area (Å²) in [5.41, 5.74) is 3.81. The molecule has 0 fully saturated rings. The Morgan fingerprint density at radius 2 is 1.66 bits per heavy atom. The smallest absolute Gasteiger partial charge is 0.305 e. The van der Waals surface area contributed by atoms with Crippen molar-refractivity contribution in [2.75, 3.05) is 5.32 Å². The molecule has 1 atom stereocenters. The topological polar surface area (TPSA) is 108 Å². The zero-order valence-corrected chi connectivity index (χ0v) is 16.6. The Bertz CT molecular complexity index is 873. The van der Waals surface area contributed by atoms with Crippen LogP contribution < -0.4 is 16.0 Å². The van der Waals surface area contributed by atoms with Crippen molar-refractivity contribution < 1.29 is 19.5 Å². The van der Waals surface area contributed by atoms with Gasteiger partial charge in [0.15, 0.2) is 0 Å². The van der Waals surface area contributed by atoms with Gasteiger partial charge in [0.1, 0.15) is 0 Å². The first-order valence-corrected chi connectivity index (χ1v) is 9.20. The van der Waals surface area contributed by atoms with Gasteiger partial charge in [-0.1, -0.05) is 36.4 Å². The predicted molar refractivity (Wildman–Crippen MR) is 112 cm³/mol. The van der Waals surface area contributed by atoms with Crippen LogP contribution in [-0.4, -0.2) is 22.9 Å². The highest BCUT2D eigenvalue weighted by atomic mass is 35.5. The van der Waals surface area contributed by atoms with E-state index in [0.717, 1.165) is 24.2 Å². The Hall–Kier alpha value is -2.90. The number of amides is 2. The van der Waals surface area contributed by atoms with Crippen LogP contribution in [0.1, 0.15) is 42.0 Å². The van der Waals surface area contributed by atoms with Crippen molar-refractivity contribution in [1.29, 1.82) is 0 Å². The molecule has 4 N–H and O–H groups in total. The molecule has 1 unspecified atom stereocenters. The molecule has 0 aliphatic carbocycles. The summed E-state index contributed by atoms with van der Waals surface area (Å²) in [6.45, 7) is 1.62. The second-order valence-electron chi connectivity index (χ2n) is 6.76. The molecule has 2 aromatic rings. The van der Waals surface area contributed by atoms with E-state index in [2.05, 4.69) is 16.0 Å². The first-order valence-electron chi connectivity index (χ1n) is 9.20. The minimum absolute atomic E-state index is 0. The van der Waals surface area contributed by atoms with E-state index in [-0.39, 0.29) is 43.5 Å². The highest BCUT2D eigenvalue weighted by molar-refractivity contribution is 5.93. The van der Waals surface area contributed by atoms with Crippen LogP contribution in [0, 0.1) is 0 Å². The van der Waals surface area contributed by atoms with E-state index in [0.29, 0.717) is 5.69 Å². The van der Waals surface area contributed by atoms with Crippen molar-refractivity contribution >= 4 is 35.9 Å². The lowest BCUT2D eigenvalue weighted by molar-refractivity contribution is -0.138. The molecule has 1 aliphatic heterocycles. The summed E-state index contributed by atoms with van der Waals surface area (Å²) in [7, 11) is 0. The number of aliphatic carboxylic acids is 1. The number of carbonyl (C=O) groups excluding carboxylic acids is 2. The molecule has 3 rings (SSSR count). The zero-order chi connectivity index (χ0) is 19.9. The largest absolute Gasteiger partial charge is 0.481 e. The van der Waals surface area contributed by atoms with Crippen molar-refractivity contribution in [3.63, 3.8) is 0 Å². The summed E-state index contributed by atoms with van der Waals surface area (Å²) in [4.78, 5) is 35.5. The average Bonchev–Trinajstić information content (AvgIpc) is 3.14. The fraction of sp³-hybridized carbons (Fsp3) is 0.286. The first kappa shape index (κ1) is 22.4. The summed E-state index contributed by atoms with van der Waals surface area (Å²) >= 11 is 0. The van der Waals surface area contributed by atoms with Crippen LogP contribution in [0.3, 0.4) is 0 Å². The maximum Gasteiger partial charge on any atom is 0.305 e. The number of benzene rings is 2. The van der Waals surface area contributed by atoms with E-state index in [1.165, 1.54) is 5.56 Å². The molecule has 154 valence electrons. The highest BCUT2D eigenvalue weighted by Crippen LogP contribution is 2.20. The van der Waals surface area contributed by atoms with Gasteiger partial charge in [0.05, 0.1) is 12.5 Å². The van der Waals surface area contributed by atoms with E-state index in [1.807, 2.05) is 24.3 Å². The lowest BCUT2D eigenvalue weighted by atomic mass is 10.0. The standard InChI is InChI=1S/C21H23N3O4.ClH/c25-19(23-17-7-6-15-12-22-13-16(15)10-17)8-9-20(26)24-18(11-21(27)28)14-4-2-1-3-5-14;/h1-7,10,18,22H,8-9,11-13H2,(H,23,25)(H,24,26)(H,27,28);1H. The molecule has 7 nitrogen and oxygen atoms in total. The van der Waals surface area contributed by atoms with Crippen LogP contribution >= 0.6 is 12.4 Å². The Kier molecular flexibility index (Phi) is 8.18. The molecule has 0 saturated heterocycles. The molecule has 0 aromatic heterocycles. The number of carboxylic acids is 1. The fourth-order valence-electron chi connectivity index (χ4n) is 3.20. The fourth-order valence-corrected chi connectivity index (χ4v) is 3.20. The third kappa shape index (κ3) is 6.58. The first-order chi connectivity index (χ1) is 13.5. The number of hydrogen-bond acceptors (Lipinski definition) is 4. The van der Waals surface area contributed by atoms with Gasteiger partial charge in [0.25, 0.3) is 0 Å². The van der Waals surface area contributed by atoms with Gasteiger partial charge in [0.2, 0.25) is 11.8 Å². The molecule has 0 saturated carbocycles. The normalized spacial score (nSPS) is 13.0. The average molecular weight is 418 g/mol. The lowest BCUT2D eigenvalue weighted by Gasteiger charge is -2.17. The second kappa shape index (κ2) is 10.6. The number of halogens is 1. The van der Waals surface area contributed by atoms with Gasteiger partial charge in [0, 0.05) is 31.6 Å². The van der Waals surface area contributed by atoms with Crippen LogP contribution in [0.15, 0.2) is 48.5 Å². The Morgan fingerprint density at radius 3 is 2.38 bits per heavy atom. The van der Waals surface area contributed by atoms with Crippen molar-refractivity contribution in [3.05, 3.63) is 65.2 Å². The molecular weight excluding hydrogens is 394 g/mol. The van der Waals surface area contributed by atoms with E-state index in [4.69, 9.17) is 5.11 Å². The van der Waals surface area contributed by atoms with Gasteiger partial charge in [-0.25, -0.2) is 0 Å². The van der Waals surface area contributed by atoms with E-state index in [1.54, 1.807) is 24.3 Å². The zero-order valence-electron chi connectivity index (χ0n) is 15.8. The Morgan fingerprint density at radius 1 is 0.966 bits per heavy atom. The van der Waals surface area contributed by atoms with Gasteiger partial charge in [-0.2, -0.15) is 0 Å². The number of carbonyl (C=O) groups is 3. The van der Waals surface area contributed by atoms with Crippen molar-refractivity contribution in [2.24, 2.45) is 0 Å². The molecule has 1 heterocycles. The monoisotopic (exact) mass is 417 g/mol. The lowest BCUT2D eigenvalue weighted by Crippen LogP contribution is -2.30. The Labute approximate surface area is 175 Å². The minimum atomic E-state index is -1.00. The van der Waals surface area contributed by atoms with Gasteiger partial charge in [-0.3, -0.25) is 14.4 Å². The maximum atomic E-state index is 12.2. The van der Waals surface area contributed by atoms with Crippen LogP contribution in [-0.2, 0) is 27.5 Å². The summed E-state index contributed by atoms with van der Waals surface area (Å²) in [5.74, 6) is -1.61. The van der Waals surface area contributed by atoms with Crippen LogP contribution in [0.2, 0.25) is 0 Å². The highest BCUT2D eigenvalue weighted by Gasteiger charge is 2.18. The third-order valence-electron chi connectivity index (χ3n) is 4.62. The molecule has 2 aromatic carbocycles. The molecular formula is C21H24ClN3O4. The molecule has 2 amide bonds. The van der Waals surface area contributed by atoms with Crippen molar-refractivity contribution in [1.82, 2.24) is 10.6 Å². The number of rotatable bonds is 8. The SMILES string of the molecule is Cl.O=C(O)CC(NC(=O)CCC(=O)Nc1ccc2c(c1)CNC2)c1ccccc1. The molecule has 0 radical (unpaired) electrons. The van der Waals surface area contributed by atoms with E-state index in [9.17, 15) is 14.4 Å². The second-order valence-corrected chi connectivity index (χ2v) is 6.76.